The fourth-order valence-corrected chi connectivity index (χ4v) is 4.34. The van der Waals surface area contributed by atoms with Crippen molar-refractivity contribution in [3.63, 3.8) is 0 Å². The Morgan fingerprint density at radius 2 is 1.62 bits per heavy atom. The second-order valence-electron chi connectivity index (χ2n) is 8.86. The van der Waals surface area contributed by atoms with Crippen molar-refractivity contribution in [2.45, 2.75) is 30.6 Å². The van der Waals surface area contributed by atoms with E-state index < -0.39 is 31.1 Å². The van der Waals surface area contributed by atoms with Gasteiger partial charge in [0, 0.05) is 13.1 Å². The number of terminal acetylenes is 1. The zero-order chi connectivity index (χ0) is 27.6. The molecule has 0 aromatic carbocycles. The van der Waals surface area contributed by atoms with Crippen molar-refractivity contribution in [2.24, 2.45) is 0 Å². The van der Waals surface area contributed by atoms with Crippen molar-refractivity contribution in [3.05, 3.63) is 11.5 Å². The molecule has 4 rings (SSSR count). The van der Waals surface area contributed by atoms with Crippen LogP contribution in [0.1, 0.15) is 6.23 Å². The maximum Gasteiger partial charge on any atom is 0.226 e. The van der Waals surface area contributed by atoms with Crippen LogP contribution in [0.25, 0.3) is 11.0 Å². The van der Waals surface area contributed by atoms with Gasteiger partial charge in [-0.25, -0.2) is 4.68 Å². The lowest BCUT2D eigenvalue weighted by atomic mass is 10.1. The summed E-state index contributed by atoms with van der Waals surface area (Å²) >= 11 is 6.19. The SMILES string of the molecule is C#CCOCCOCCOCCOCCOC1CN(c2nc(Cl)nc3c2cnn3[C@@H]2O[C@H](CO)[C@@H](O)[C@H]2O)C1. The van der Waals surface area contributed by atoms with Crippen LogP contribution in [0.15, 0.2) is 6.20 Å². The van der Waals surface area contributed by atoms with Crippen molar-refractivity contribution >= 4 is 28.5 Å². The summed E-state index contributed by atoms with van der Waals surface area (Å²) in [5.74, 6) is 2.97. The number of aliphatic hydroxyl groups is 3. The minimum atomic E-state index is -1.29. The summed E-state index contributed by atoms with van der Waals surface area (Å²) in [5.41, 5.74) is 0.348. The second-order valence-corrected chi connectivity index (χ2v) is 9.20. The highest BCUT2D eigenvalue weighted by Gasteiger charge is 2.44. The number of fused-ring (bicyclic) bond motifs is 1. The number of aliphatic hydroxyl groups excluding tert-OH is 3. The van der Waals surface area contributed by atoms with Crippen LogP contribution in [0.3, 0.4) is 0 Å². The molecule has 2 fully saturated rings. The molecule has 0 spiro atoms. The smallest absolute Gasteiger partial charge is 0.226 e. The van der Waals surface area contributed by atoms with Crippen LogP contribution in [0.4, 0.5) is 5.82 Å². The summed E-state index contributed by atoms with van der Waals surface area (Å²) in [6.07, 6.45) is 2.15. The molecule has 39 heavy (non-hydrogen) atoms. The number of anilines is 1. The van der Waals surface area contributed by atoms with Crippen LogP contribution in [0, 0.1) is 12.3 Å². The van der Waals surface area contributed by atoms with Crippen LogP contribution in [-0.4, -0.2) is 139 Å². The average molecular weight is 572 g/mol. The molecule has 0 bridgehead atoms. The third-order valence-electron chi connectivity index (χ3n) is 6.19. The van der Waals surface area contributed by atoms with Crippen molar-refractivity contribution in [1.29, 1.82) is 0 Å². The molecule has 14 nitrogen and oxygen atoms in total. The maximum absolute atomic E-state index is 10.4. The third kappa shape index (κ3) is 7.74. The van der Waals surface area contributed by atoms with Crippen LogP contribution in [0.5, 0.6) is 0 Å². The second kappa shape index (κ2) is 15.0. The predicted octanol–water partition coefficient (Wildman–Crippen LogP) is -1.00. The van der Waals surface area contributed by atoms with Gasteiger partial charge in [0.15, 0.2) is 11.9 Å². The summed E-state index contributed by atoms with van der Waals surface area (Å²) in [6, 6.07) is 0. The Labute approximate surface area is 230 Å². The Morgan fingerprint density at radius 1 is 0.974 bits per heavy atom. The largest absolute Gasteiger partial charge is 0.394 e. The van der Waals surface area contributed by atoms with E-state index >= 15 is 0 Å². The number of rotatable bonds is 17. The van der Waals surface area contributed by atoms with Gasteiger partial charge in [-0.1, -0.05) is 5.92 Å². The number of ether oxygens (including phenoxy) is 6. The molecule has 216 valence electrons. The van der Waals surface area contributed by atoms with Crippen LogP contribution < -0.4 is 4.90 Å². The molecule has 0 radical (unpaired) electrons. The third-order valence-corrected chi connectivity index (χ3v) is 6.36. The minimum Gasteiger partial charge on any atom is -0.394 e. The first-order valence-electron chi connectivity index (χ1n) is 12.7. The van der Waals surface area contributed by atoms with Gasteiger partial charge in [0.05, 0.1) is 77.1 Å². The van der Waals surface area contributed by atoms with E-state index in [9.17, 15) is 15.3 Å². The van der Waals surface area contributed by atoms with Crippen LogP contribution in [0.2, 0.25) is 5.28 Å². The van der Waals surface area contributed by atoms with Gasteiger partial charge in [-0.3, -0.25) is 0 Å². The molecule has 2 saturated heterocycles. The highest BCUT2D eigenvalue weighted by atomic mass is 35.5. The van der Waals surface area contributed by atoms with Gasteiger partial charge in [0.1, 0.15) is 30.7 Å². The van der Waals surface area contributed by atoms with Crippen molar-refractivity contribution in [3.8, 4) is 12.3 Å². The number of hydrogen-bond donors (Lipinski definition) is 3. The Kier molecular flexibility index (Phi) is 11.5. The summed E-state index contributed by atoms with van der Waals surface area (Å²) in [4.78, 5) is 10.6. The molecule has 3 N–H and O–H groups in total. The summed E-state index contributed by atoms with van der Waals surface area (Å²) < 4.78 is 34.2. The van der Waals surface area contributed by atoms with Gasteiger partial charge >= 0.3 is 0 Å². The lowest BCUT2D eigenvalue weighted by molar-refractivity contribution is -0.0566. The topological polar surface area (TPSA) is 163 Å². The molecule has 2 aromatic heterocycles. The Balaban J connectivity index is 1.13. The summed E-state index contributed by atoms with van der Waals surface area (Å²) in [7, 11) is 0. The molecular weight excluding hydrogens is 538 g/mol. The first kappa shape index (κ1) is 29.8. The fraction of sp³-hybridized carbons (Fsp3) is 0.708. The van der Waals surface area contributed by atoms with Gasteiger partial charge in [0.2, 0.25) is 5.28 Å². The van der Waals surface area contributed by atoms with Crippen molar-refractivity contribution in [1.82, 2.24) is 19.7 Å². The molecule has 0 amide bonds. The van der Waals surface area contributed by atoms with Crippen LogP contribution >= 0.6 is 11.6 Å². The van der Waals surface area contributed by atoms with Crippen molar-refractivity contribution in [2.75, 3.05) is 84.1 Å². The Hall–Kier alpha value is -2.16. The van der Waals surface area contributed by atoms with E-state index in [1.54, 1.807) is 6.20 Å². The average Bonchev–Trinajstić information content (AvgIpc) is 3.45. The van der Waals surface area contributed by atoms with Gasteiger partial charge < -0.3 is 48.6 Å². The zero-order valence-corrected chi connectivity index (χ0v) is 22.2. The monoisotopic (exact) mass is 571 g/mol. The molecule has 4 atom stereocenters. The van der Waals surface area contributed by atoms with E-state index in [1.165, 1.54) is 4.68 Å². The Bertz CT molecular complexity index is 1080. The lowest BCUT2D eigenvalue weighted by Gasteiger charge is -2.39. The van der Waals surface area contributed by atoms with Gasteiger partial charge in [-0.2, -0.15) is 15.1 Å². The number of nitrogens with zero attached hydrogens (tertiary/aromatic N) is 5. The van der Waals surface area contributed by atoms with E-state index in [2.05, 4.69) is 21.0 Å². The molecule has 0 unspecified atom stereocenters. The molecule has 2 aromatic rings. The van der Waals surface area contributed by atoms with Crippen LogP contribution in [-0.2, 0) is 28.4 Å². The molecule has 4 heterocycles. The summed E-state index contributed by atoms with van der Waals surface area (Å²) in [6.45, 7) is 4.76. The van der Waals surface area contributed by atoms with E-state index in [-0.39, 0.29) is 18.0 Å². The van der Waals surface area contributed by atoms with E-state index in [1.807, 2.05) is 4.90 Å². The standard InChI is InChI=1S/C24H34ClN5O9/c1-2-3-34-4-5-35-6-7-36-8-9-37-10-11-38-16-13-29(14-16)21-17-12-26-30(22(17)28-24(25)27-21)23-20(33)19(32)18(15-31)39-23/h1,12,16,18-20,23,31-33H,3-11,13-15H2/t18-,19-,20-,23-/m1/s1. The highest BCUT2D eigenvalue weighted by molar-refractivity contribution is 6.28. The number of hydrogen-bond acceptors (Lipinski definition) is 13. The van der Waals surface area contributed by atoms with E-state index in [4.69, 9.17) is 46.4 Å². The van der Waals surface area contributed by atoms with Gasteiger partial charge in [-0.05, 0) is 11.6 Å². The van der Waals surface area contributed by atoms with Gasteiger partial charge in [-0.15, -0.1) is 6.42 Å². The molecule has 2 aliphatic rings. The zero-order valence-electron chi connectivity index (χ0n) is 21.4. The molecule has 0 aliphatic carbocycles. The van der Waals surface area contributed by atoms with Crippen molar-refractivity contribution < 1.29 is 43.7 Å². The Morgan fingerprint density at radius 3 is 2.23 bits per heavy atom. The molecule has 0 saturated carbocycles. The normalized spacial score (nSPS) is 23.4. The first-order chi connectivity index (χ1) is 19.0. The first-order valence-corrected chi connectivity index (χ1v) is 13.1. The molecule has 15 heteroatoms. The quantitative estimate of drug-likeness (QED) is 0.120. The van der Waals surface area contributed by atoms with Gasteiger partial charge in [0.25, 0.3) is 0 Å². The predicted molar refractivity (Wildman–Crippen MR) is 137 cm³/mol. The molecular formula is C24H34ClN5O9. The highest BCUT2D eigenvalue weighted by Crippen LogP contribution is 2.34. The maximum atomic E-state index is 10.4. The number of halogens is 1. The lowest BCUT2D eigenvalue weighted by Crippen LogP contribution is -2.53. The number of aromatic nitrogens is 4. The molecule has 2 aliphatic heterocycles. The summed E-state index contributed by atoms with van der Waals surface area (Å²) in [5, 5.41) is 34.7. The fourth-order valence-electron chi connectivity index (χ4n) is 4.18. The minimum absolute atomic E-state index is 0.00546. The van der Waals surface area contributed by atoms with E-state index in [0.717, 1.165) is 0 Å². The van der Waals surface area contributed by atoms with E-state index in [0.29, 0.717) is 82.8 Å².